The average Bonchev–Trinajstić information content (AvgIpc) is 2.19. The fourth-order valence-corrected chi connectivity index (χ4v) is 1.48. The maximum atomic E-state index is 4.04. The first-order chi connectivity index (χ1) is 3.93. The van der Waals surface area contributed by atoms with E-state index < -0.39 is 0 Å². The van der Waals surface area contributed by atoms with Crippen LogP contribution in [0, 0.1) is 6.42 Å². The zero-order chi connectivity index (χ0) is 5.82. The van der Waals surface area contributed by atoms with Crippen molar-refractivity contribution >= 4 is 27.3 Å². The number of thiazole rings is 1. The molecule has 1 aromatic heterocycles. The predicted octanol–water partition coefficient (Wildman–Crippen LogP) is 2.09. The van der Waals surface area contributed by atoms with Crippen LogP contribution in [-0.2, 0) is 0 Å². The van der Waals surface area contributed by atoms with Crippen molar-refractivity contribution in [3.63, 3.8) is 0 Å². The third kappa shape index (κ3) is 1.56. The SMILES string of the molecule is BrC[CH]c1nccs1. The summed E-state index contributed by atoms with van der Waals surface area (Å²) in [7, 11) is 0. The largest absolute Gasteiger partial charge is 0.249 e. The highest BCUT2D eigenvalue weighted by Gasteiger charge is 1.90. The zero-order valence-corrected chi connectivity index (χ0v) is 6.58. The van der Waals surface area contributed by atoms with E-state index in [9.17, 15) is 0 Å². The number of aromatic nitrogens is 1. The van der Waals surface area contributed by atoms with Crippen LogP contribution in [0.15, 0.2) is 11.6 Å². The van der Waals surface area contributed by atoms with E-state index in [4.69, 9.17) is 0 Å². The number of halogens is 1. The topological polar surface area (TPSA) is 12.9 Å². The molecule has 8 heavy (non-hydrogen) atoms. The first-order valence-electron chi connectivity index (χ1n) is 2.22. The lowest BCUT2D eigenvalue weighted by atomic mass is 10.5. The van der Waals surface area contributed by atoms with Gasteiger partial charge in [-0.25, -0.2) is 4.98 Å². The molecule has 1 heterocycles. The molecular weight excluding hydrogens is 186 g/mol. The molecule has 0 aliphatic carbocycles. The van der Waals surface area contributed by atoms with E-state index in [-0.39, 0.29) is 0 Å². The van der Waals surface area contributed by atoms with Crippen molar-refractivity contribution in [2.75, 3.05) is 5.33 Å². The summed E-state index contributed by atoms with van der Waals surface area (Å²) in [5.41, 5.74) is 0. The minimum atomic E-state index is 0.889. The lowest BCUT2D eigenvalue weighted by molar-refractivity contribution is 1.30. The quantitative estimate of drug-likeness (QED) is 0.652. The Labute approximate surface area is 60.9 Å². The first kappa shape index (κ1) is 6.23. The van der Waals surface area contributed by atoms with E-state index in [1.54, 1.807) is 17.5 Å². The Morgan fingerprint density at radius 1 is 1.88 bits per heavy atom. The molecule has 0 aliphatic heterocycles. The van der Waals surface area contributed by atoms with Crippen LogP contribution in [-0.4, -0.2) is 10.3 Å². The van der Waals surface area contributed by atoms with Gasteiger partial charge < -0.3 is 0 Å². The second-order valence-electron chi connectivity index (χ2n) is 1.23. The normalized spacial score (nSPS) is 9.62. The van der Waals surface area contributed by atoms with Crippen LogP contribution in [0.25, 0.3) is 0 Å². The van der Waals surface area contributed by atoms with Gasteiger partial charge in [0.05, 0.1) is 5.01 Å². The molecule has 3 heteroatoms. The van der Waals surface area contributed by atoms with Gasteiger partial charge in [-0.05, 0) is 0 Å². The van der Waals surface area contributed by atoms with Gasteiger partial charge in [0, 0.05) is 23.3 Å². The van der Waals surface area contributed by atoms with Crippen LogP contribution in [0.5, 0.6) is 0 Å². The zero-order valence-electron chi connectivity index (χ0n) is 4.17. The van der Waals surface area contributed by atoms with Gasteiger partial charge in [-0.15, -0.1) is 11.3 Å². The number of alkyl halides is 1. The van der Waals surface area contributed by atoms with Crippen molar-refractivity contribution in [2.45, 2.75) is 0 Å². The molecule has 0 N–H and O–H groups in total. The third-order valence-corrected chi connectivity index (χ3v) is 1.80. The molecule has 1 nitrogen and oxygen atoms in total. The lowest BCUT2D eigenvalue weighted by Crippen LogP contribution is -1.76. The molecule has 1 radical (unpaired) electrons. The van der Waals surface area contributed by atoms with Crippen molar-refractivity contribution < 1.29 is 0 Å². The standard InChI is InChI=1S/C5H5BrNS/c6-2-1-5-7-3-4-8-5/h1,3-4H,2H2. The molecule has 0 bridgehead atoms. The summed E-state index contributed by atoms with van der Waals surface area (Å²) in [5.74, 6) is 0. The van der Waals surface area contributed by atoms with Gasteiger partial charge in [-0.2, -0.15) is 0 Å². The molecule has 1 aromatic rings. The molecule has 0 aromatic carbocycles. The minimum Gasteiger partial charge on any atom is -0.249 e. The smallest absolute Gasteiger partial charge is 0.0971 e. The van der Waals surface area contributed by atoms with Crippen molar-refractivity contribution in [1.82, 2.24) is 4.98 Å². The van der Waals surface area contributed by atoms with E-state index in [0.29, 0.717) is 0 Å². The molecule has 0 unspecified atom stereocenters. The highest BCUT2D eigenvalue weighted by atomic mass is 79.9. The van der Waals surface area contributed by atoms with Gasteiger partial charge in [-0.1, -0.05) is 15.9 Å². The average molecular weight is 191 g/mol. The van der Waals surface area contributed by atoms with Crippen LogP contribution >= 0.6 is 27.3 Å². The summed E-state index contributed by atoms with van der Waals surface area (Å²) in [5, 5.41) is 3.94. The minimum absolute atomic E-state index is 0.889. The van der Waals surface area contributed by atoms with E-state index in [2.05, 4.69) is 20.9 Å². The van der Waals surface area contributed by atoms with Gasteiger partial charge in [0.2, 0.25) is 0 Å². The Bertz CT molecular complexity index is 138. The van der Waals surface area contributed by atoms with E-state index >= 15 is 0 Å². The maximum absolute atomic E-state index is 4.04. The van der Waals surface area contributed by atoms with Crippen LogP contribution in [0.1, 0.15) is 5.01 Å². The molecule has 0 amide bonds. The number of hydrogen-bond acceptors (Lipinski definition) is 2. The number of rotatable bonds is 2. The molecule has 0 saturated heterocycles. The molecule has 0 spiro atoms. The summed E-state index contributed by atoms with van der Waals surface area (Å²) in [4.78, 5) is 4.04. The molecular formula is C5H5BrNS. The monoisotopic (exact) mass is 190 g/mol. The van der Waals surface area contributed by atoms with E-state index in [0.717, 1.165) is 10.3 Å². The molecule has 0 saturated carbocycles. The first-order valence-corrected chi connectivity index (χ1v) is 4.22. The highest BCUT2D eigenvalue weighted by molar-refractivity contribution is 9.09. The van der Waals surface area contributed by atoms with Gasteiger partial charge in [0.1, 0.15) is 0 Å². The summed E-state index contributed by atoms with van der Waals surface area (Å²) in [6, 6.07) is 0. The van der Waals surface area contributed by atoms with E-state index in [1.165, 1.54) is 0 Å². The summed E-state index contributed by atoms with van der Waals surface area (Å²) < 4.78 is 0. The third-order valence-electron chi connectivity index (χ3n) is 0.703. The number of hydrogen-bond donors (Lipinski definition) is 0. The van der Waals surface area contributed by atoms with Crippen molar-refractivity contribution in [2.24, 2.45) is 0 Å². The van der Waals surface area contributed by atoms with Crippen LogP contribution < -0.4 is 0 Å². The molecule has 43 valence electrons. The molecule has 0 atom stereocenters. The van der Waals surface area contributed by atoms with Crippen molar-refractivity contribution in [1.29, 1.82) is 0 Å². The van der Waals surface area contributed by atoms with Gasteiger partial charge in [-0.3, -0.25) is 0 Å². The Kier molecular flexibility index (Phi) is 2.49. The van der Waals surface area contributed by atoms with Crippen LogP contribution in [0.2, 0.25) is 0 Å². The fourth-order valence-electron chi connectivity index (χ4n) is 0.401. The Hall–Kier alpha value is 0.110. The van der Waals surface area contributed by atoms with Crippen molar-refractivity contribution in [3.05, 3.63) is 23.0 Å². The lowest BCUT2D eigenvalue weighted by Gasteiger charge is -1.82. The predicted molar refractivity (Wildman–Crippen MR) is 39.3 cm³/mol. The summed E-state index contributed by atoms with van der Waals surface area (Å²) >= 11 is 4.93. The molecule has 0 aliphatic rings. The highest BCUT2D eigenvalue weighted by Crippen LogP contribution is 2.07. The van der Waals surface area contributed by atoms with Crippen LogP contribution in [0.4, 0.5) is 0 Å². The summed E-state index contributed by atoms with van der Waals surface area (Å²) in [6.45, 7) is 0. The summed E-state index contributed by atoms with van der Waals surface area (Å²) in [6.07, 6.45) is 3.84. The maximum Gasteiger partial charge on any atom is 0.0971 e. The van der Waals surface area contributed by atoms with Gasteiger partial charge >= 0.3 is 0 Å². The Balaban J connectivity index is 2.50. The van der Waals surface area contributed by atoms with Crippen LogP contribution in [0.3, 0.4) is 0 Å². The van der Waals surface area contributed by atoms with Crippen molar-refractivity contribution in [3.8, 4) is 0 Å². The number of nitrogens with zero attached hydrogens (tertiary/aromatic N) is 1. The molecule has 0 fully saturated rings. The Morgan fingerprint density at radius 2 is 2.75 bits per heavy atom. The second kappa shape index (κ2) is 3.20. The second-order valence-corrected chi connectivity index (χ2v) is 2.80. The van der Waals surface area contributed by atoms with E-state index in [1.807, 2.05) is 11.8 Å². The Morgan fingerprint density at radius 3 is 3.25 bits per heavy atom. The molecule has 1 rings (SSSR count). The van der Waals surface area contributed by atoms with Gasteiger partial charge in [0.25, 0.3) is 0 Å². The fraction of sp³-hybridized carbons (Fsp3) is 0.200. The van der Waals surface area contributed by atoms with Gasteiger partial charge in [0.15, 0.2) is 0 Å².